The second-order valence-electron chi connectivity index (χ2n) is 7.24. The lowest BCUT2D eigenvalue weighted by atomic mass is 10.2. The van der Waals surface area contributed by atoms with Crippen LogP contribution < -0.4 is 26.1 Å². The monoisotopic (exact) mass is 448 g/mol. The third kappa shape index (κ3) is 4.95. The smallest absolute Gasteiger partial charge is 0.329 e. The molecule has 0 aliphatic rings. The van der Waals surface area contributed by atoms with E-state index in [0.717, 1.165) is 11.3 Å². The van der Waals surface area contributed by atoms with Gasteiger partial charge in [-0.05, 0) is 36.2 Å². The Labute approximate surface area is 189 Å². The van der Waals surface area contributed by atoms with Crippen molar-refractivity contribution in [2.45, 2.75) is 13.0 Å². The van der Waals surface area contributed by atoms with Crippen LogP contribution >= 0.6 is 0 Å². The lowest BCUT2D eigenvalue weighted by Crippen LogP contribution is -2.29. The average molecular weight is 448 g/mol. The number of benzene rings is 2. The third-order valence-corrected chi connectivity index (χ3v) is 5.02. The van der Waals surface area contributed by atoms with Crippen molar-refractivity contribution < 1.29 is 9.47 Å². The summed E-state index contributed by atoms with van der Waals surface area (Å²) in [5, 5.41) is 4.26. The lowest BCUT2D eigenvalue weighted by Gasteiger charge is -2.09. The summed E-state index contributed by atoms with van der Waals surface area (Å²) in [4.78, 5) is 31.4. The standard InChI is InChI=1S/C23H24N6O4/c1-28-20-19(21(30)26-23(28)31)29(12-7-13-33-17-9-4-3-5-10-17)22(25-20)27-24-15-16-8-6-11-18(14-16)32-2/h3-6,8-11,14-15H,7,12-13H2,1-2H3,(H,25,27)(H,26,30,31)/b24-15+. The molecule has 0 amide bonds. The SMILES string of the molecule is COc1cccc(/C=N/Nc2nc3c(c(=O)[nH]c(=O)n3C)n2CCCOc2ccccc2)c1. The van der Waals surface area contributed by atoms with Gasteiger partial charge in [0.05, 0.1) is 19.9 Å². The zero-order valence-electron chi connectivity index (χ0n) is 18.3. The molecular weight excluding hydrogens is 424 g/mol. The first-order valence-corrected chi connectivity index (χ1v) is 10.4. The highest BCUT2D eigenvalue weighted by atomic mass is 16.5. The summed E-state index contributed by atoms with van der Waals surface area (Å²) < 4.78 is 14.0. The molecule has 2 N–H and O–H groups in total. The number of aromatic nitrogens is 4. The summed E-state index contributed by atoms with van der Waals surface area (Å²) in [5.74, 6) is 1.83. The van der Waals surface area contributed by atoms with Gasteiger partial charge >= 0.3 is 5.69 Å². The fourth-order valence-electron chi connectivity index (χ4n) is 3.35. The van der Waals surface area contributed by atoms with Gasteiger partial charge < -0.3 is 14.0 Å². The summed E-state index contributed by atoms with van der Waals surface area (Å²) in [6, 6.07) is 16.9. The van der Waals surface area contributed by atoms with Gasteiger partial charge in [0.15, 0.2) is 11.2 Å². The zero-order chi connectivity index (χ0) is 23.2. The van der Waals surface area contributed by atoms with E-state index in [9.17, 15) is 9.59 Å². The number of hydrogen-bond donors (Lipinski definition) is 2. The molecule has 0 bridgehead atoms. The summed E-state index contributed by atoms with van der Waals surface area (Å²) in [6.45, 7) is 0.876. The number of nitrogens with zero attached hydrogens (tertiary/aromatic N) is 4. The molecule has 170 valence electrons. The van der Waals surface area contributed by atoms with E-state index in [2.05, 4.69) is 20.5 Å². The van der Waals surface area contributed by atoms with Crippen molar-refractivity contribution in [3.8, 4) is 11.5 Å². The van der Waals surface area contributed by atoms with E-state index < -0.39 is 11.2 Å². The maximum absolute atomic E-state index is 12.6. The molecule has 2 aromatic heterocycles. The number of hydrazone groups is 1. The predicted octanol–water partition coefficient (Wildman–Crippen LogP) is 2.35. The Kier molecular flexibility index (Phi) is 6.53. The molecule has 2 heterocycles. The van der Waals surface area contributed by atoms with E-state index >= 15 is 0 Å². The van der Waals surface area contributed by atoms with Gasteiger partial charge in [-0.2, -0.15) is 10.1 Å². The molecule has 0 atom stereocenters. The first-order valence-electron chi connectivity index (χ1n) is 10.4. The van der Waals surface area contributed by atoms with Crippen LogP contribution in [0.3, 0.4) is 0 Å². The molecule has 0 saturated heterocycles. The van der Waals surface area contributed by atoms with Crippen LogP contribution in [-0.4, -0.2) is 39.0 Å². The molecule has 0 aliphatic carbocycles. The fraction of sp³-hybridized carbons (Fsp3) is 0.217. The highest BCUT2D eigenvalue weighted by Gasteiger charge is 2.17. The van der Waals surface area contributed by atoms with E-state index in [1.54, 1.807) is 24.9 Å². The Morgan fingerprint density at radius 2 is 1.91 bits per heavy atom. The molecule has 10 nitrogen and oxygen atoms in total. The fourth-order valence-corrected chi connectivity index (χ4v) is 3.35. The minimum Gasteiger partial charge on any atom is -0.497 e. The second-order valence-corrected chi connectivity index (χ2v) is 7.24. The maximum atomic E-state index is 12.6. The summed E-state index contributed by atoms with van der Waals surface area (Å²) in [7, 11) is 3.15. The van der Waals surface area contributed by atoms with Crippen molar-refractivity contribution in [2.75, 3.05) is 19.1 Å². The van der Waals surface area contributed by atoms with Crippen LogP contribution in [0.4, 0.5) is 5.95 Å². The highest BCUT2D eigenvalue weighted by molar-refractivity contribution is 5.81. The molecule has 33 heavy (non-hydrogen) atoms. The van der Waals surface area contributed by atoms with Gasteiger partial charge in [0.2, 0.25) is 5.95 Å². The minimum atomic E-state index is -0.531. The van der Waals surface area contributed by atoms with Crippen LogP contribution in [0.5, 0.6) is 11.5 Å². The van der Waals surface area contributed by atoms with Crippen molar-refractivity contribution >= 4 is 23.3 Å². The Morgan fingerprint density at radius 1 is 1.12 bits per heavy atom. The molecule has 0 radical (unpaired) electrons. The van der Waals surface area contributed by atoms with E-state index in [4.69, 9.17) is 9.47 Å². The largest absolute Gasteiger partial charge is 0.497 e. The topological polar surface area (TPSA) is 116 Å². The van der Waals surface area contributed by atoms with E-state index in [0.29, 0.717) is 31.3 Å². The number of aryl methyl sites for hydroxylation is 2. The van der Waals surface area contributed by atoms with Crippen molar-refractivity contribution in [3.05, 3.63) is 81.0 Å². The number of fused-ring (bicyclic) bond motifs is 1. The van der Waals surface area contributed by atoms with Gasteiger partial charge in [0.1, 0.15) is 11.5 Å². The molecule has 0 spiro atoms. The number of imidazole rings is 1. The van der Waals surface area contributed by atoms with Gasteiger partial charge in [-0.15, -0.1) is 0 Å². The number of ether oxygens (including phenoxy) is 2. The number of aromatic amines is 1. The van der Waals surface area contributed by atoms with Crippen LogP contribution in [0.15, 0.2) is 69.3 Å². The van der Waals surface area contributed by atoms with Gasteiger partial charge in [-0.25, -0.2) is 10.2 Å². The quantitative estimate of drug-likeness (QED) is 0.231. The number of nitrogens with one attached hydrogen (secondary N) is 2. The first kappa shape index (κ1) is 21.9. The molecule has 0 aliphatic heterocycles. The Hall–Kier alpha value is -4.34. The minimum absolute atomic E-state index is 0.270. The van der Waals surface area contributed by atoms with Gasteiger partial charge in [-0.3, -0.25) is 14.3 Å². The number of H-pyrrole nitrogens is 1. The normalized spacial score (nSPS) is 11.2. The molecule has 0 fully saturated rings. The highest BCUT2D eigenvalue weighted by Crippen LogP contribution is 2.17. The number of anilines is 1. The maximum Gasteiger partial charge on any atom is 0.329 e. The Balaban J connectivity index is 1.58. The first-order chi connectivity index (χ1) is 16.1. The number of hydrogen-bond acceptors (Lipinski definition) is 7. The van der Waals surface area contributed by atoms with E-state index in [1.807, 2.05) is 54.6 Å². The molecule has 10 heteroatoms. The van der Waals surface area contributed by atoms with Crippen molar-refractivity contribution in [1.82, 2.24) is 19.1 Å². The molecule has 0 unspecified atom stereocenters. The molecule has 2 aromatic carbocycles. The lowest BCUT2D eigenvalue weighted by molar-refractivity contribution is 0.303. The van der Waals surface area contributed by atoms with E-state index in [1.165, 1.54) is 4.57 Å². The predicted molar refractivity (Wildman–Crippen MR) is 126 cm³/mol. The second kappa shape index (κ2) is 9.86. The average Bonchev–Trinajstić information content (AvgIpc) is 3.20. The Bertz CT molecular complexity index is 1390. The van der Waals surface area contributed by atoms with Crippen molar-refractivity contribution in [3.63, 3.8) is 0 Å². The van der Waals surface area contributed by atoms with E-state index in [-0.39, 0.29) is 11.2 Å². The molecule has 4 aromatic rings. The molecular formula is C23H24N6O4. The van der Waals surface area contributed by atoms with Gasteiger partial charge in [0.25, 0.3) is 5.56 Å². The van der Waals surface area contributed by atoms with Crippen molar-refractivity contribution in [1.29, 1.82) is 0 Å². The molecule has 4 rings (SSSR count). The summed E-state index contributed by atoms with van der Waals surface area (Å²) >= 11 is 0. The van der Waals surface area contributed by atoms with Crippen LogP contribution in [-0.2, 0) is 13.6 Å². The van der Waals surface area contributed by atoms with Crippen LogP contribution in [0, 0.1) is 0 Å². The van der Waals surface area contributed by atoms with Crippen LogP contribution in [0.2, 0.25) is 0 Å². The van der Waals surface area contributed by atoms with Gasteiger partial charge in [0, 0.05) is 13.6 Å². The zero-order valence-corrected chi connectivity index (χ0v) is 18.3. The summed E-state index contributed by atoms with van der Waals surface area (Å²) in [5.41, 5.74) is 3.24. The summed E-state index contributed by atoms with van der Waals surface area (Å²) in [6.07, 6.45) is 2.23. The Morgan fingerprint density at radius 3 is 2.70 bits per heavy atom. The molecule has 0 saturated carbocycles. The van der Waals surface area contributed by atoms with Crippen LogP contribution in [0.1, 0.15) is 12.0 Å². The van der Waals surface area contributed by atoms with Gasteiger partial charge in [-0.1, -0.05) is 30.3 Å². The third-order valence-electron chi connectivity index (χ3n) is 5.02. The number of rotatable bonds is 9. The van der Waals surface area contributed by atoms with Crippen molar-refractivity contribution in [2.24, 2.45) is 12.1 Å². The number of methoxy groups -OCH3 is 1. The number of para-hydroxylation sites is 1. The van der Waals surface area contributed by atoms with Crippen LogP contribution in [0.25, 0.3) is 11.2 Å².